The standard InChI is InChI=1S/C16H24N4OS/c1-12(14(3)20-10-5-8-18-20)19-13(2)16(21)17-9-7-15-6-4-11-22-15/h4-6,8,10-14,19H,7,9H2,1-3H3,(H,17,21)/t12-,13-,14+/m0/s1. The number of rotatable bonds is 8. The SMILES string of the molecule is C[C@H](N[C@@H](C)[C@@H](C)n1cccn1)C(=O)NCCc1cccs1. The van der Waals surface area contributed by atoms with E-state index in [0.29, 0.717) is 6.54 Å². The zero-order valence-electron chi connectivity index (χ0n) is 13.3. The molecule has 0 spiro atoms. The fourth-order valence-electron chi connectivity index (χ4n) is 2.28. The van der Waals surface area contributed by atoms with E-state index in [0.717, 1.165) is 6.42 Å². The summed E-state index contributed by atoms with van der Waals surface area (Å²) in [6.07, 6.45) is 4.59. The van der Waals surface area contributed by atoms with Crippen molar-refractivity contribution in [3.05, 3.63) is 40.8 Å². The topological polar surface area (TPSA) is 59.0 Å². The van der Waals surface area contributed by atoms with E-state index < -0.39 is 0 Å². The summed E-state index contributed by atoms with van der Waals surface area (Å²) in [6, 6.07) is 6.14. The molecular formula is C16H24N4OS. The van der Waals surface area contributed by atoms with Crippen molar-refractivity contribution in [2.75, 3.05) is 6.54 Å². The van der Waals surface area contributed by atoms with Gasteiger partial charge in [0.15, 0.2) is 0 Å². The third-order valence-corrected chi connectivity index (χ3v) is 4.76. The zero-order valence-corrected chi connectivity index (χ0v) is 14.1. The Morgan fingerprint density at radius 2 is 2.18 bits per heavy atom. The Morgan fingerprint density at radius 1 is 1.36 bits per heavy atom. The highest BCUT2D eigenvalue weighted by Crippen LogP contribution is 2.10. The highest BCUT2D eigenvalue weighted by molar-refractivity contribution is 7.09. The van der Waals surface area contributed by atoms with Crippen molar-refractivity contribution in [1.82, 2.24) is 20.4 Å². The molecule has 0 bridgehead atoms. The van der Waals surface area contributed by atoms with Gasteiger partial charge in [0.25, 0.3) is 0 Å². The Morgan fingerprint density at radius 3 is 2.82 bits per heavy atom. The molecule has 0 saturated heterocycles. The summed E-state index contributed by atoms with van der Waals surface area (Å²) in [7, 11) is 0. The number of hydrogen-bond acceptors (Lipinski definition) is 4. The Labute approximate surface area is 135 Å². The highest BCUT2D eigenvalue weighted by atomic mass is 32.1. The lowest BCUT2D eigenvalue weighted by molar-refractivity contribution is -0.122. The molecule has 5 nitrogen and oxygen atoms in total. The van der Waals surface area contributed by atoms with Crippen LogP contribution >= 0.6 is 11.3 Å². The second-order valence-electron chi connectivity index (χ2n) is 5.52. The van der Waals surface area contributed by atoms with E-state index in [2.05, 4.69) is 41.0 Å². The first kappa shape index (κ1) is 16.7. The predicted molar refractivity (Wildman–Crippen MR) is 90.0 cm³/mol. The number of carbonyl (C=O) groups excluding carboxylic acids is 1. The first-order chi connectivity index (χ1) is 10.6. The van der Waals surface area contributed by atoms with E-state index in [9.17, 15) is 4.79 Å². The summed E-state index contributed by atoms with van der Waals surface area (Å²) in [5, 5.41) is 12.6. The predicted octanol–water partition coefficient (Wildman–Crippen LogP) is 2.23. The average Bonchev–Trinajstić information content (AvgIpc) is 3.19. The van der Waals surface area contributed by atoms with Crippen molar-refractivity contribution in [3.8, 4) is 0 Å². The lowest BCUT2D eigenvalue weighted by Crippen LogP contribution is -2.48. The molecule has 22 heavy (non-hydrogen) atoms. The molecule has 0 radical (unpaired) electrons. The van der Waals surface area contributed by atoms with E-state index in [-0.39, 0.29) is 24.0 Å². The normalized spacial score (nSPS) is 15.2. The number of nitrogens with zero attached hydrogens (tertiary/aromatic N) is 2. The van der Waals surface area contributed by atoms with Crippen LogP contribution in [0, 0.1) is 0 Å². The van der Waals surface area contributed by atoms with Crippen molar-refractivity contribution in [1.29, 1.82) is 0 Å². The zero-order chi connectivity index (χ0) is 15.9. The molecule has 6 heteroatoms. The monoisotopic (exact) mass is 320 g/mol. The molecule has 120 valence electrons. The maximum Gasteiger partial charge on any atom is 0.236 e. The smallest absolute Gasteiger partial charge is 0.236 e. The van der Waals surface area contributed by atoms with Gasteiger partial charge in [-0.2, -0.15) is 5.10 Å². The molecule has 2 aromatic heterocycles. The van der Waals surface area contributed by atoms with E-state index >= 15 is 0 Å². The largest absolute Gasteiger partial charge is 0.354 e. The van der Waals surface area contributed by atoms with Crippen molar-refractivity contribution >= 4 is 17.2 Å². The second kappa shape index (κ2) is 8.10. The molecule has 3 atom stereocenters. The second-order valence-corrected chi connectivity index (χ2v) is 6.56. The lowest BCUT2D eigenvalue weighted by atomic mass is 10.1. The quantitative estimate of drug-likeness (QED) is 0.784. The van der Waals surface area contributed by atoms with Crippen molar-refractivity contribution in [2.24, 2.45) is 0 Å². The maximum atomic E-state index is 12.1. The van der Waals surface area contributed by atoms with Gasteiger partial charge in [0.1, 0.15) is 0 Å². The van der Waals surface area contributed by atoms with Gasteiger partial charge >= 0.3 is 0 Å². The van der Waals surface area contributed by atoms with Crippen LogP contribution in [0.3, 0.4) is 0 Å². The minimum absolute atomic E-state index is 0.0380. The van der Waals surface area contributed by atoms with Crippen molar-refractivity contribution in [2.45, 2.75) is 45.3 Å². The molecule has 0 aliphatic rings. The molecular weight excluding hydrogens is 296 g/mol. The molecule has 0 fully saturated rings. The van der Waals surface area contributed by atoms with Crippen LogP contribution in [0.25, 0.3) is 0 Å². The molecule has 2 heterocycles. The molecule has 2 aromatic rings. The summed E-state index contributed by atoms with van der Waals surface area (Å²) in [5.74, 6) is 0.0380. The first-order valence-electron chi connectivity index (χ1n) is 7.63. The van der Waals surface area contributed by atoms with E-state index in [4.69, 9.17) is 0 Å². The van der Waals surface area contributed by atoms with Crippen molar-refractivity contribution in [3.63, 3.8) is 0 Å². The number of amides is 1. The van der Waals surface area contributed by atoms with Gasteiger partial charge in [-0.1, -0.05) is 6.07 Å². The summed E-state index contributed by atoms with van der Waals surface area (Å²) in [6.45, 7) is 6.73. The summed E-state index contributed by atoms with van der Waals surface area (Å²) in [4.78, 5) is 13.4. The van der Waals surface area contributed by atoms with Gasteiger partial charge in [0, 0.05) is 29.9 Å². The van der Waals surface area contributed by atoms with Crippen LogP contribution in [0.2, 0.25) is 0 Å². The van der Waals surface area contributed by atoms with Gasteiger partial charge in [-0.25, -0.2) is 0 Å². The minimum atomic E-state index is -0.226. The average molecular weight is 320 g/mol. The molecule has 0 aromatic carbocycles. The molecule has 2 N–H and O–H groups in total. The molecule has 0 aliphatic heterocycles. The Kier molecular flexibility index (Phi) is 6.15. The Bertz CT molecular complexity index is 553. The fraction of sp³-hybridized carbons (Fsp3) is 0.500. The molecule has 1 amide bonds. The number of thiophene rings is 1. The van der Waals surface area contributed by atoms with Crippen molar-refractivity contribution < 1.29 is 4.79 Å². The van der Waals surface area contributed by atoms with Gasteiger partial charge in [-0.05, 0) is 44.7 Å². The third kappa shape index (κ3) is 4.68. The van der Waals surface area contributed by atoms with Gasteiger partial charge in [-0.3, -0.25) is 9.48 Å². The Hall–Kier alpha value is -1.66. The number of aromatic nitrogens is 2. The van der Waals surface area contributed by atoms with Gasteiger partial charge in [0.2, 0.25) is 5.91 Å². The summed E-state index contributed by atoms with van der Waals surface area (Å²) < 4.78 is 1.90. The van der Waals surface area contributed by atoms with Crippen LogP contribution in [0.5, 0.6) is 0 Å². The van der Waals surface area contributed by atoms with Crippen LogP contribution in [-0.2, 0) is 11.2 Å². The number of carbonyl (C=O) groups is 1. The van der Waals surface area contributed by atoms with E-state index in [1.807, 2.05) is 29.9 Å². The van der Waals surface area contributed by atoms with Crippen LogP contribution in [0.4, 0.5) is 0 Å². The van der Waals surface area contributed by atoms with Crippen LogP contribution in [-0.4, -0.2) is 34.3 Å². The van der Waals surface area contributed by atoms with Gasteiger partial charge < -0.3 is 10.6 Å². The van der Waals surface area contributed by atoms with Crippen LogP contribution in [0.1, 0.15) is 31.7 Å². The molecule has 0 saturated carbocycles. The van der Waals surface area contributed by atoms with Crippen LogP contribution < -0.4 is 10.6 Å². The van der Waals surface area contributed by atoms with E-state index in [1.165, 1.54) is 4.88 Å². The molecule has 0 unspecified atom stereocenters. The molecule has 2 rings (SSSR count). The first-order valence-corrected chi connectivity index (χ1v) is 8.51. The highest BCUT2D eigenvalue weighted by Gasteiger charge is 2.20. The van der Waals surface area contributed by atoms with E-state index in [1.54, 1.807) is 17.5 Å². The fourth-order valence-corrected chi connectivity index (χ4v) is 2.99. The third-order valence-electron chi connectivity index (χ3n) is 3.82. The van der Waals surface area contributed by atoms with Crippen LogP contribution in [0.15, 0.2) is 36.0 Å². The Balaban J connectivity index is 1.73. The maximum absolute atomic E-state index is 12.1. The molecule has 0 aliphatic carbocycles. The van der Waals surface area contributed by atoms with Gasteiger partial charge in [-0.15, -0.1) is 11.3 Å². The lowest BCUT2D eigenvalue weighted by Gasteiger charge is -2.25. The summed E-state index contributed by atoms with van der Waals surface area (Å²) >= 11 is 1.72. The minimum Gasteiger partial charge on any atom is -0.354 e. The summed E-state index contributed by atoms with van der Waals surface area (Å²) in [5.41, 5.74) is 0. The number of nitrogens with one attached hydrogen (secondary N) is 2. The van der Waals surface area contributed by atoms with Gasteiger partial charge in [0.05, 0.1) is 12.1 Å². The number of hydrogen-bond donors (Lipinski definition) is 2.